The van der Waals surface area contributed by atoms with Crippen molar-refractivity contribution in [3.05, 3.63) is 60.8 Å². The van der Waals surface area contributed by atoms with Gasteiger partial charge in [-0.2, -0.15) is 0 Å². The lowest BCUT2D eigenvalue weighted by Gasteiger charge is -2.11. The van der Waals surface area contributed by atoms with E-state index in [0.29, 0.717) is 18.1 Å². The number of pyridine rings is 1. The molecular formula is C25H28N4O3. The van der Waals surface area contributed by atoms with E-state index in [1.165, 1.54) is 0 Å². The van der Waals surface area contributed by atoms with E-state index in [0.717, 1.165) is 46.9 Å². The zero-order valence-corrected chi connectivity index (χ0v) is 18.9. The van der Waals surface area contributed by atoms with Crippen LogP contribution in [0.5, 0.6) is 17.2 Å². The largest absolute Gasteiger partial charge is 0.494 e. The van der Waals surface area contributed by atoms with E-state index in [4.69, 9.17) is 14.2 Å². The fourth-order valence-corrected chi connectivity index (χ4v) is 3.55. The first-order valence-electron chi connectivity index (χ1n) is 10.5. The Balaban J connectivity index is 1.58. The van der Waals surface area contributed by atoms with Gasteiger partial charge in [-0.3, -0.25) is 4.40 Å². The molecule has 4 rings (SSSR count). The molecule has 32 heavy (non-hydrogen) atoms. The van der Waals surface area contributed by atoms with Gasteiger partial charge in [0.25, 0.3) is 0 Å². The summed E-state index contributed by atoms with van der Waals surface area (Å²) in [6.45, 7) is 1.70. The maximum absolute atomic E-state index is 5.84. The fraction of sp³-hybridized carbons (Fsp3) is 0.280. The lowest BCUT2D eigenvalue weighted by molar-refractivity contribution is 0.281. The zero-order valence-electron chi connectivity index (χ0n) is 18.9. The van der Waals surface area contributed by atoms with E-state index >= 15 is 0 Å². The number of methoxy groups -OCH3 is 2. The van der Waals surface area contributed by atoms with Crippen LogP contribution in [0, 0.1) is 0 Å². The number of nitrogens with zero attached hydrogens (tertiary/aromatic N) is 4. The van der Waals surface area contributed by atoms with Crippen molar-refractivity contribution < 1.29 is 14.2 Å². The highest BCUT2D eigenvalue weighted by atomic mass is 16.5. The summed E-state index contributed by atoms with van der Waals surface area (Å²) >= 11 is 0. The first-order chi connectivity index (χ1) is 15.6. The van der Waals surface area contributed by atoms with E-state index in [-0.39, 0.29) is 0 Å². The van der Waals surface area contributed by atoms with Gasteiger partial charge in [-0.25, -0.2) is 0 Å². The average Bonchev–Trinajstić information content (AvgIpc) is 3.25. The van der Waals surface area contributed by atoms with Crippen LogP contribution in [0.1, 0.15) is 6.42 Å². The topological polar surface area (TPSA) is 61.1 Å². The van der Waals surface area contributed by atoms with Gasteiger partial charge in [-0.05, 0) is 80.2 Å². The van der Waals surface area contributed by atoms with Gasteiger partial charge < -0.3 is 19.1 Å². The first kappa shape index (κ1) is 21.6. The molecule has 0 saturated carbocycles. The molecule has 2 aromatic carbocycles. The minimum Gasteiger partial charge on any atom is -0.494 e. The predicted octanol–water partition coefficient (Wildman–Crippen LogP) is 4.41. The van der Waals surface area contributed by atoms with Crippen LogP contribution in [0.2, 0.25) is 0 Å². The van der Waals surface area contributed by atoms with Crippen LogP contribution in [0.25, 0.3) is 28.2 Å². The zero-order chi connectivity index (χ0) is 22.5. The van der Waals surface area contributed by atoms with Gasteiger partial charge in [-0.1, -0.05) is 6.07 Å². The molecule has 0 N–H and O–H groups in total. The highest BCUT2D eigenvalue weighted by molar-refractivity contribution is 5.70. The van der Waals surface area contributed by atoms with Gasteiger partial charge in [0, 0.05) is 18.3 Å². The maximum Gasteiger partial charge on any atom is 0.168 e. The molecule has 0 fully saturated rings. The molecule has 2 heterocycles. The minimum absolute atomic E-state index is 0.690. The Morgan fingerprint density at radius 1 is 0.812 bits per heavy atom. The van der Waals surface area contributed by atoms with Crippen LogP contribution < -0.4 is 14.2 Å². The lowest BCUT2D eigenvalue weighted by atomic mass is 10.1. The summed E-state index contributed by atoms with van der Waals surface area (Å²) in [5.74, 6) is 3.02. The average molecular weight is 433 g/mol. The van der Waals surface area contributed by atoms with Gasteiger partial charge in [0.2, 0.25) is 0 Å². The first-order valence-corrected chi connectivity index (χ1v) is 10.5. The lowest BCUT2D eigenvalue weighted by Crippen LogP contribution is -2.15. The molecule has 0 unspecified atom stereocenters. The summed E-state index contributed by atoms with van der Waals surface area (Å²) in [6, 6.07) is 17.9. The summed E-state index contributed by atoms with van der Waals surface area (Å²) in [4.78, 5) is 2.15. The van der Waals surface area contributed by atoms with Crippen LogP contribution in [0.4, 0.5) is 0 Å². The standard InChI is InChI=1S/C25H28N4O3/c1-28(2)14-5-15-32-21-10-6-18(7-11-21)25-27-26-24-13-9-20(17-29(24)25)19-8-12-22(30-3)23(16-19)31-4/h6-13,16-17H,5,14-15H2,1-4H3. The Hall–Kier alpha value is -3.58. The van der Waals surface area contributed by atoms with Gasteiger partial charge in [0.1, 0.15) is 5.75 Å². The van der Waals surface area contributed by atoms with E-state index in [2.05, 4.69) is 29.2 Å². The van der Waals surface area contributed by atoms with Crippen molar-refractivity contribution >= 4 is 5.65 Å². The number of hydrogen-bond donors (Lipinski definition) is 0. The van der Waals surface area contributed by atoms with Crippen molar-refractivity contribution in [2.24, 2.45) is 0 Å². The molecule has 0 bridgehead atoms. The van der Waals surface area contributed by atoms with Crippen molar-refractivity contribution in [2.45, 2.75) is 6.42 Å². The molecule has 0 atom stereocenters. The minimum atomic E-state index is 0.690. The smallest absolute Gasteiger partial charge is 0.168 e. The highest BCUT2D eigenvalue weighted by Crippen LogP contribution is 2.33. The highest BCUT2D eigenvalue weighted by Gasteiger charge is 2.11. The van der Waals surface area contributed by atoms with Crippen LogP contribution in [-0.4, -0.2) is 61.0 Å². The van der Waals surface area contributed by atoms with Crippen LogP contribution >= 0.6 is 0 Å². The molecule has 4 aromatic rings. The Morgan fingerprint density at radius 3 is 2.25 bits per heavy atom. The number of rotatable bonds is 9. The quantitative estimate of drug-likeness (QED) is 0.365. The molecule has 0 aliphatic rings. The Labute approximate surface area is 188 Å². The number of ether oxygens (including phenoxy) is 3. The summed E-state index contributed by atoms with van der Waals surface area (Å²) in [5, 5.41) is 8.73. The molecule has 166 valence electrons. The molecule has 0 amide bonds. The summed E-state index contributed by atoms with van der Waals surface area (Å²) in [7, 11) is 7.40. The second kappa shape index (κ2) is 9.70. The Bertz CT molecular complexity index is 1190. The van der Waals surface area contributed by atoms with Gasteiger partial charge in [0.15, 0.2) is 23.0 Å². The molecule has 0 aliphatic heterocycles. The third-order valence-electron chi connectivity index (χ3n) is 5.25. The molecule has 0 radical (unpaired) electrons. The van der Waals surface area contributed by atoms with E-state index in [1.807, 2.05) is 65.2 Å². The third-order valence-corrected chi connectivity index (χ3v) is 5.25. The third kappa shape index (κ3) is 4.68. The SMILES string of the molecule is COc1ccc(-c2ccc3nnc(-c4ccc(OCCCN(C)C)cc4)n3c2)cc1OC. The van der Waals surface area contributed by atoms with Crippen molar-refractivity contribution in [1.29, 1.82) is 0 Å². The van der Waals surface area contributed by atoms with Gasteiger partial charge >= 0.3 is 0 Å². The number of hydrogen-bond acceptors (Lipinski definition) is 6. The van der Waals surface area contributed by atoms with Gasteiger partial charge in [0.05, 0.1) is 20.8 Å². The Kier molecular flexibility index (Phi) is 6.56. The molecule has 7 nitrogen and oxygen atoms in total. The fourth-order valence-electron chi connectivity index (χ4n) is 3.55. The van der Waals surface area contributed by atoms with Crippen LogP contribution in [0.3, 0.4) is 0 Å². The predicted molar refractivity (Wildman–Crippen MR) is 126 cm³/mol. The maximum atomic E-state index is 5.84. The molecular weight excluding hydrogens is 404 g/mol. The van der Waals surface area contributed by atoms with Gasteiger partial charge in [-0.15, -0.1) is 10.2 Å². The van der Waals surface area contributed by atoms with Crippen molar-refractivity contribution in [1.82, 2.24) is 19.5 Å². The summed E-state index contributed by atoms with van der Waals surface area (Å²) in [6.07, 6.45) is 3.03. The van der Waals surface area contributed by atoms with Crippen LogP contribution in [0.15, 0.2) is 60.8 Å². The second-order valence-corrected chi connectivity index (χ2v) is 7.77. The molecule has 7 heteroatoms. The van der Waals surface area contributed by atoms with Crippen LogP contribution in [-0.2, 0) is 0 Å². The van der Waals surface area contributed by atoms with E-state index < -0.39 is 0 Å². The van der Waals surface area contributed by atoms with E-state index in [1.54, 1.807) is 14.2 Å². The van der Waals surface area contributed by atoms with Crippen molar-refractivity contribution in [2.75, 3.05) is 41.5 Å². The van der Waals surface area contributed by atoms with Crippen molar-refractivity contribution in [3.63, 3.8) is 0 Å². The number of benzene rings is 2. The normalized spacial score (nSPS) is 11.2. The molecule has 0 spiro atoms. The second-order valence-electron chi connectivity index (χ2n) is 7.77. The van der Waals surface area contributed by atoms with Crippen molar-refractivity contribution in [3.8, 4) is 39.8 Å². The summed E-state index contributed by atoms with van der Waals surface area (Å²) < 4.78 is 18.6. The molecule has 0 saturated heterocycles. The molecule has 0 aliphatic carbocycles. The number of aromatic nitrogens is 3. The van der Waals surface area contributed by atoms with E-state index in [9.17, 15) is 0 Å². The summed E-state index contributed by atoms with van der Waals surface area (Å²) in [5.41, 5.74) is 3.81. The Morgan fingerprint density at radius 2 is 1.53 bits per heavy atom. The number of fused-ring (bicyclic) bond motifs is 1. The monoisotopic (exact) mass is 432 g/mol. The molecule has 2 aromatic heterocycles.